The average Bonchev–Trinajstić information content (AvgIpc) is 3.50. The molecule has 4 rings (SSSR count). The molecule has 2 amide bonds. The summed E-state index contributed by atoms with van der Waals surface area (Å²) in [5.74, 6) is -0.218. The normalized spacial score (nSPS) is 14.3. The summed E-state index contributed by atoms with van der Waals surface area (Å²) in [4.78, 5) is 29.3. The van der Waals surface area contributed by atoms with Crippen LogP contribution in [-0.2, 0) is 26.2 Å². The fourth-order valence-corrected chi connectivity index (χ4v) is 6.82. The first-order valence-corrected chi connectivity index (χ1v) is 16.0. The number of nitrogens with one attached hydrogen (secondary N) is 1. The largest absolute Gasteiger partial charge is 0.497 e. The third-order valence-electron chi connectivity index (χ3n) is 7.63. The van der Waals surface area contributed by atoms with Gasteiger partial charge in [-0.25, -0.2) is 8.42 Å². The first-order chi connectivity index (χ1) is 20.1. The third-order valence-corrected chi connectivity index (χ3v) is 9.79. The first-order valence-electron chi connectivity index (χ1n) is 14.2. The molecule has 8 nitrogen and oxygen atoms in total. The number of carbonyl (C=O) groups is 2. The van der Waals surface area contributed by atoms with Gasteiger partial charge in [0, 0.05) is 17.6 Å². The molecule has 1 aliphatic rings. The Kier molecular flexibility index (Phi) is 10.5. The van der Waals surface area contributed by atoms with E-state index in [0.29, 0.717) is 28.4 Å². The lowest BCUT2D eigenvalue weighted by molar-refractivity contribution is -0.140. The lowest BCUT2D eigenvalue weighted by Gasteiger charge is -2.34. The van der Waals surface area contributed by atoms with Gasteiger partial charge in [0.2, 0.25) is 11.8 Å². The number of ether oxygens (including phenoxy) is 1. The molecule has 0 bridgehead atoms. The molecular formula is C32H38ClN3O5S. The van der Waals surface area contributed by atoms with Crippen molar-refractivity contribution in [2.45, 2.75) is 69.5 Å². The van der Waals surface area contributed by atoms with Crippen LogP contribution in [0.3, 0.4) is 0 Å². The SMILES string of the molecule is CC[C@H](C(=O)NC1CCCC1)N(Cc1ccccc1Cl)C(=O)CN(c1ccc(OC)cc1)S(=O)(=O)c1ccc(C)cc1. The number of amides is 2. The van der Waals surface area contributed by atoms with Crippen LogP contribution in [0.2, 0.25) is 5.02 Å². The molecule has 1 aliphatic carbocycles. The van der Waals surface area contributed by atoms with Crippen molar-refractivity contribution in [2.75, 3.05) is 18.0 Å². The molecule has 0 heterocycles. The summed E-state index contributed by atoms with van der Waals surface area (Å²) in [5, 5.41) is 3.57. The van der Waals surface area contributed by atoms with Crippen molar-refractivity contribution in [1.82, 2.24) is 10.2 Å². The molecule has 3 aromatic carbocycles. The van der Waals surface area contributed by atoms with Crippen molar-refractivity contribution >= 4 is 39.1 Å². The molecule has 10 heteroatoms. The zero-order chi connectivity index (χ0) is 30.3. The van der Waals surface area contributed by atoms with Crippen LogP contribution in [-0.4, -0.2) is 50.9 Å². The summed E-state index contributed by atoms with van der Waals surface area (Å²) in [7, 11) is -2.63. The minimum atomic E-state index is -4.15. The maximum atomic E-state index is 14.2. The summed E-state index contributed by atoms with van der Waals surface area (Å²) in [6.45, 7) is 3.25. The summed E-state index contributed by atoms with van der Waals surface area (Å²) in [5.41, 5.74) is 1.87. The Labute approximate surface area is 253 Å². The minimum absolute atomic E-state index is 0.0517. The van der Waals surface area contributed by atoms with Crippen LogP contribution in [0.15, 0.2) is 77.7 Å². The minimum Gasteiger partial charge on any atom is -0.497 e. The highest BCUT2D eigenvalue weighted by atomic mass is 35.5. The number of aryl methyl sites for hydroxylation is 1. The molecule has 1 atom stereocenters. The second-order valence-electron chi connectivity index (χ2n) is 10.5. The van der Waals surface area contributed by atoms with E-state index in [1.807, 2.05) is 19.9 Å². The number of carbonyl (C=O) groups excluding carboxylic acids is 2. The quantitative estimate of drug-likeness (QED) is 0.283. The molecule has 0 spiro atoms. The molecule has 42 heavy (non-hydrogen) atoms. The van der Waals surface area contributed by atoms with Gasteiger partial charge in [0.15, 0.2) is 0 Å². The molecule has 3 aromatic rings. The number of sulfonamides is 1. The maximum Gasteiger partial charge on any atom is 0.264 e. The van der Waals surface area contributed by atoms with Crippen LogP contribution in [0.1, 0.15) is 50.2 Å². The maximum absolute atomic E-state index is 14.2. The van der Waals surface area contributed by atoms with E-state index >= 15 is 0 Å². The van der Waals surface area contributed by atoms with E-state index in [0.717, 1.165) is 35.6 Å². The van der Waals surface area contributed by atoms with Crippen LogP contribution in [0.5, 0.6) is 5.75 Å². The van der Waals surface area contributed by atoms with Crippen molar-refractivity contribution in [1.29, 1.82) is 0 Å². The van der Waals surface area contributed by atoms with E-state index in [1.54, 1.807) is 54.6 Å². The molecule has 0 saturated heterocycles. The van der Waals surface area contributed by atoms with Crippen LogP contribution < -0.4 is 14.4 Å². The Morgan fingerprint density at radius 1 is 1.00 bits per heavy atom. The zero-order valence-corrected chi connectivity index (χ0v) is 25.8. The van der Waals surface area contributed by atoms with Crippen molar-refractivity contribution < 1.29 is 22.7 Å². The molecule has 1 saturated carbocycles. The fourth-order valence-electron chi connectivity index (χ4n) is 5.21. The highest BCUT2D eigenvalue weighted by Gasteiger charge is 2.34. The number of benzene rings is 3. The van der Waals surface area contributed by atoms with Gasteiger partial charge >= 0.3 is 0 Å². The van der Waals surface area contributed by atoms with Gasteiger partial charge in [0.25, 0.3) is 10.0 Å². The van der Waals surface area contributed by atoms with Crippen LogP contribution in [0, 0.1) is 6.92 Å². The molecule has 0 aromatic heterocycles. The number of halogens is 1. The summed E-state index contributed by atoms with van der Waals surface area (Å²) in [6, 6.07) is 19.3. The van der Waals surface area contributed by atoms with Crippen LogP contribution in [0.4, 0.5) is 5.69 Å². The summed E-state index contributed by atoms with van der Waals surface area (Å²) >= 11 is 6.48. The van der Waals surface area contributed by atoms with Gasteiger partial charge in [-0.1, -0.05) is 67.3 Å². The predicted molar refractivity (Wildman–Crippen MR) is 165 cm³/mol. The summed E-state index contributed by atoms with van der Waals surface area (Å²) < 4.78 is 34.3. The number of hydrogen-bond donors (Lipinski definition) is 1. The van der Waals surface area contributed by atoms with Gasteiger partial charge in [0.1, 0.15) is 18.3 Å². The van der Waals surface area contributed by atoms with E-state index in [9.17, 15) is 18.0 Å². The Balaban J connectivity index is 1.72. The van der Waals surface area contributed by atoms with Gasteiger partial charge in [-0.3, -0.25) is 13.9 Å². The predicted octanol–water partition coefficient (Wildman–Crippen LogP) is 5.72. The summed E-state index contributed by atoms with van der Waals surface area (Å²) in [6.07, 6.45) is 4.26. The highest BCUT2D eigenvalue weighted by molar-refractivity contribution is 7.92. The molecular weight excluding hydrogens is 574 g/mol. The molecule has 1 N–H and O–H groups in total. The highest BCUT2D eigenvalue weighted by Crippen LogP contribution is 2.28. The molecule has 0 unspecified atom stereocenters. The second kappa shape index (κ2) is 14.1. The van der Waals surface area contributed by atoms with Gasteiger partial charge in [-0.2, -0.15) is 0 Å². The topological polar surface area (TPSA) is 96.0 Å². The van der Waals surface area contributed by atoms with Crippen molar-refractivity contribution in [2.24, 2.45) is 0 Å². The molecule has 0 radical (unpaired) electrons. The van der Waals surface area contributed by atoms with Crippen molar-refractivity contribution in [3.8, 4) is 5.75 Å². The number of rotatable bonds is 12. The average molecular weight is 612 g/mol. The van der Waals surface area contributed by atoms with Crippen LogP contribution in [0.25, 0.3) is 0 Å². The van der Waals surface area contributed by atoms with E-state index in [2.05, 4.69) is 5.32 Å². The fraction of sp³-hybridized carbons (Fsp3) is 0.375. The van der Waals surface area contributed by atoms with Crippen molar-refractivity contribution in [3.63, 3.8) is 0 Å². The first kappa shape index (κ1) is 31.4. The van der Waals surface area contributed by atoms with Crippen molar-refractivity contribution in [3.05, 3.63) is 88.9 Å². The van der Waals surface area contributed by atoms with Gasteiger partial charge in [0.05, 0.1) is 17.7 Å². The number of methoxy groups -OCH3 is 1. The Bertz CT molecular complexity index is 1470. The monoisotopic (exact) mass is 611 g/mol. The second-order valence-corrected chi connectivity index (χ2v) is 12.8. The molecule has 224 valence electrons. The lowest BCUT2D eigenvalue weighted by atomic mass is 10.1. The molecule has 1 fully saturated rings. The van der Waals surface area contributed by atoms with E-state index in [4.69, 9.17) is 16.3 Å². The van der Waals surface area contributed by atoms with E-state index < -0.39 is 28.5 Å². The third kappa shape index (κ3) is 7.44. The van der Waals surface area contributed by atoms with Gasteiger partial charge in [-0.05, 0) is 74.2 Å². The Morgan fingerprint density at radius 3 is 2.24 bits per heavy atom. The Morgan fingerprint density at radius 2 is 1.64 bits per heavy atom. The number of hydrogen-bond acceptors (Lipinski definition) is 5. The van der Waals surface area contributed by atoms with E-state index in [1.165, 1.54) is 24.1 Å². The van der Waals surface area contributed by atoms with Gasteiger partial charge in [-0.15, -0.1) is 0 Å². The zero-order valence-electron chi connectivity index (χ0n) is 24.3. The van der Waals surface area contributed by atoms with Crippen LogP contribution >= 0.6 is 11.6 Å². The van der Waals surface area contributed by atoms with Gasteiger partial charge < -0.3 is 15.0 Å². The smallest absolute Gasteiger partial charge is 0.264 e. The Hall–Kier alpha value is -3.56. The lowest BCUT2D eigenvalue weighted by Crippen LogP contribution is -2.53. The standard InChI is InChI=1S/C32H38ClN3O5S/c1-4-30(32(38)34-25-10-6-7-11-25)35(21-24-9-5-8-12-29(24)33)31(37)22-36(26-15-17-27(41-3)18-16-26)42(39,40)28-19-13-23(2)14-20-28/h5,8-9,12-20,25,30H,4,6-7,10-11,21-22H2,1-3H3,(H,34,38)/t30-/m1/s1. The van der Waals surface area contributed by atoms with E-state index in [-0.39, 0.29) is 23.4 Å². The number of nitrogens with zero attached hydrogens (tertiary/aromatic N) is 2. The molecule has 0 aliphatic heterocycles. The number of anilines is 1.